The number of hydrogen-bond acceptors (Lipinski definition) is 7. The van der Waals surface area contributed by atoms with Crippen LogP contribution in [0.5, 0.6) is 0 Å². The third-order valence-corrected chi connectivity index (χ3v) is 4.35. The number of esters is 2. The summed E-state index contributed by atoms with van der Waals surface area (Å²) in [6.45, 7) is 9.05. The Morgan fingerprint density at radius 1 is 1.22 bits per heavy atom. The first-order valence-electron chi connectivity index (χ1n) is 7.70. The van der Waals surface area contributed by atoms with E-state index in [0.29, 0.717) is 0 Å². The van der Waals surface area contributed by atoms with Crippen LogP contribution < -0.4 is 0 Å². The van der Waals surface area contributed by atoms with Crippen LogP contribution in [0.15, 0.2) is 17.6 Å². The highest BCUT2D eigenvalue weighted by molar-refractivity contribution is 6.46. The Kier molecular flexibility index (Phi) is 4.58. The Morgan fingerprint density at radius 2 is 1.83 bits per heavy atom. The molecule has 0 saturated heterocycles. The molecule has 0 aromatic carbocycles. The minimum atomic E-state index is -1.71. The molecule has 0 bridgehead atoms. The summed E-state index contributed by atoms with van der Waals surface area (Å²) in [6, 6.07) is 0. The number of aliphatic imine (C=N–C) groups is 1. The minimum absolute atomic E-state index is 0.0928. The van der Waals surface area contributed by atoms with Crippen LogP contribution in [-0.4, -0.2) is 49.0 Å². The standard InChI is InChI=1S/C16H21NO6/c1-5-10-9-15(13(19)22-7-3)11(18)12(21-6-2)17-16(10,15)14(20)23-8-4/h5,10H,1,6-9H2,2-4H3/t10-,15+,16-/m0/s1. The third-order valence-electron chi connectivity index (χ3n) is 4.35. The molecule has 1 heterocycles. The molecule has 23 heavy (non-hydrogen) atoms. The van der Waals surface area contributed by atoms with E-state index in [4.69, 9.17) is 14.2 Å². The summed E-state index contributed by atoms with van der Waals surface area (Å²) in [6.07, 6.45) is 1.62. The van der Waals surface area contributed by atoms with Crippen LogP contribution in [0.2, 0.25) is 0 Å². The zero-order valence-corrected chi connectivity index (χ0v) is 13.6. The number of ketones is 1. The van der Waals surface area contributed by atoms with Crippen LogP contribution in [-0.2, 0) is 28.6 Å². The lowest BCUT2D eigenvalue weighted by atomic mass is 9.48. The summed E-state index contributed by atoms with van der Waals surface area (Å²) >= 11 is 0. The van der Waals surface area contributed by atoms with Gasteiger partial charge in [-0.05, 0) is 27.2 Å². The predicted molar refractivity (Wildman–Crippen MR) is 80.8 cm³/mol. The fourth-order valence-electron chi connectivity index (χ4n) is 3.34. The maximum atomic E-state index is 12.8. The Balaban J connectivity index is 2.59. The number of ether oxygens (including phenoxy) is 3. The Bertz CT molecular complexity index is 583. The van der Waals surface area contributed by atoms with Crippen molar-refractivity contribution >= 4 is 23.6 Å². The predicted octanol–water partition coefficient (Wildman–Crippen LogP) is 1.06. The van der Waals surface area contributed by atoms with Gasteiger partial charge in [0.25, 0.3) is 5.90 Å². The molecular weight excluding hydrogens is 302 g/mol. The molecule has 1 aliphatic heterocycles. The smallest absolute Gasteiger partial charge is 0.336 e. The molecule has 7 heteroatoms. The molecule has 0 radical (unpaired) electrons. The lowest BCUT2D eigenvalue weighted by Crippen LogP contribution is -2.71. The van der Waals surface area contributed by atoms with Crippen molar-refractivity contribution in [3.05, 3.63) is 12.7 Å². The second-order valence-electron chi connectivity index (χ2n) is 5.34. The normalized spacial score (nSPS) is 31.5. The van der Waals surface area contributed by atoms with E-state index in [2.05, 4.69) is 11.6 Å². The van der Waals surface area contributed by atoms with Crippen molar-refractivity contribution in [1.82, 2.24) is 0 Å². The van der Waals surface area contributed by atoms with E-state index >= 15 is 0 Å². The van der Waals surface area contributed by atoms with E-state index in [1.165, 1.54) is 6.08 Å². The summed E-state index contributed by atoms with van der Waals surface area (Å²) < 4.78 is 15.4. The average molecular weight is 323 g/mol. The van der Waals surface area contributed by atoms with Crippen LogP contribution in [0.25, 0.3) is 0 Å². The number of carbonyl (C=O) groups is 3. The first-order chi connectivity index (χ1) is 11.0. The quantitative estimate of drug-likeness (QED) is 0.412. The molecule has 0 spiro atoms. The molecule has 0 aromatic rings. The van der Waals surface area contributed by atoms with E-state index < -0.39 is 34.6 Å². The van der Waals surface area contributed by atoms with Gasteiger partial charge in [-0.15, -0.1) is 6.58 Å². The van der Waals surface area contributed by atoms with Crippen molar-refractivity contribution in [2.45, 2.75) is 32.7 Å². The molecule has 1 fully saturated rings. The Labute approximate surface area is 134 Å². The maximum Gasteiger partial charge on any atom is 0.336 e. The van der Waals surface area contributed by atoms with Crippen LogP contribution in [0.3, 0.4) is 0 Å². The van der Waals surface area contributed by atoms with E-state index in [0.717, 1.165) is 0 Å². The van der Waals surface area contributed by atoms with Crippen LogP contribution in [0.1, 0.15) is 27.2 Å². The van der Waals surface area contributed by atoms with Gasteiger partial charge >= 0.3 is 11.9 Å². The fraction of sp³-hybridized carbons (Fsp3) is 0.625. The molecule has 3 atom stereocenters. The highest BCUT2D eigenvalue weighted by atomic mass is 16.5. The molecule has 0 aromatic heterocycles. The van der Waals surface area contributed by atoms with E-state index in [9.17, 15) is 14.4 Å². The average Bonchev–Trinajstić information content (AvgIpc) is 2.68. The Hall–Kier alpha value is -2.18. The molecule has 0 amide bonds. The van der Waals surface area contributed by atoms with Crippen molar-refractivity contribution in [2.24, 2.45) is 16.3 Å². The van der Waals surface area contributed by atoms with Crippen LogP contribution in [0.4, 0.5) is 0 Å². The van der Waals surface area contributed by atoms with Crippen LogP contribution >= 0.6 is 0 Å². The summed E-state index contributed by atoms with van der Waals surface area (Å²) in [5, 5.41) is 0. The molecule has 126 valence electrons. The molecule has 7 nitrogen and oxygen atoms in total. The number of Topliss-reactive ketones (excluding diaryl/α,β-unsaturated/α-hetero) is 1. The summed E-state index contributed by atoms with van der Waals surface area (Å²) in [5.74, 6) is -2.84. The van der Waals surface area contributed by atoms with Crippen LogP contribution in [0, 0.1) is 11.3 Å². The van der Waals surface area contributed by atoms with Gasteiger partial charge in [0.15, 0.2) is 11.0 Å². The first kappa shape index (κ1) is 17.2. The monoisotopic (exact) mass is 323 g/mol. The van der Waals surface area contributed by atoms with Gasteiger partial charge in [0.2, 0.25) is 5.78 Å². The van der Waals surface area contributed by atoms with Crippen molar-refractivity contribution in [2.75, 3.05) is 19.8 Å². The van der Waals surface area contributed by atoms with Gasteiger partial charge in [-0.2, -0.15) is 0 Å². The van der Waals surface area contributed by atoms with Crippen molar-refractivity contribution in [1.29, 1.82) is 0 Å². The highest BCUT2D eigenvalue weighted by Gasteiger charge is 2.82. The van der Waals surface area contributed by atoms with Crippen molar-refractivity contribution in [3.63, 3.8) is 0 Å². The second-order valence-corrected chi connectivity index (χ2v) is 5.34. The van der Waals surface area contributed by atoms with Gasteiger partial charge < -0.3 is 14.2 Å². The number of rotatable bonds is 6. The SMILES string of the molecule is C=C[C@H]1C[C@]2(C(=O)OCC)C(=O)C(OCC)=N[C@]12C(=O)OCC. The van der Waals surface area contributed by atoms with Gasteiger partial charge in [-0.25, -0.2) is 9.79 Å². The summed E-state index contributed by atoms with van der Waals surface area (Å²) in [5.41, 5.74) is -3.38. The minimum Gasteiger partial charge on any atom is -0.476 e. The van der Waals surface area contributed by atoms with Crippen molar-refractivity contribution < 1.29 is 28.6 Å². The zero-order chi connectivity index (χ0) is 17.3. The lowest BCUT2D eigenvalue weighted by molar-refractivity contribution is -0.188. The van der Waals surface area contributed by atoms with Gasteiger partial charge in [-0.1, -0.05) is 6.08 Å². The molecule has 1 aliphatic carbocycles. The molecule has 2 rings (SSSR count). The summed E-state index contributed by atoms with van der Waals surface area (Å²) in [4.78, 5) is 42.1. The lowest BCUT2D eigenvalue weighted by Gasteiger charge is -2.52. The van der Waals surface area contributed by atoms with Gasteiger partial charge in [0, 0.05) is 5.92 Å². The topological polar surface area (TPSA) is 91.3 Å². The number of carbonyl (C=O) groups excluding carboxylic acids is 3. The zero-order valence-electron chi connectivity index (χ0n) is 13.6. The number of fused-ring (bicyclic) bond motifs is 1. The molecule has 2 aliphatic rings. The number of nitrogens with zero attached hydrogens (tertiary/aromatic N) is 1. The van der Waals surface area contributed by atoms with E-state index in [-0.39, 0.29) is 32.1 Å². The molecule has 1 saturated carbocycles. The first-order valence-corrected chi connectivity index (χ1v) is 7.70. The van der Waals surface area contributed by atoms with E-state index in [1.807, 2.05) is 0 Å². The van der Waals surface area contributed by atoms with Gasteiger partial charge in [0.05, 0.1) is 19.8 Å². The molecule has 0 unspecified atom stereocenters. The number of hydrogen-bond donors (Lipinski definition) is 0. The highest BCUT2D eigenvalue weighted by Crippen LogP contribution is 2.62. The second kappa shape index (κ2) is 6.14. The van der Waals surface area contributed by atoms with Crippen molar-refractivity contribution in [3.8, 4) is 0 Å². The van der Waals surface area contributed by atoms with E-state index in [1.54, 1.807) is 20.8 Å². The Morgan fingerprint density at radius 3 is 2.35 bits per heavy atom. The fourth-order valence-corrected chi connectivity index (χ4v) is 3.34. The third kappa shape index (κ3) is 2.02. The summed E-state index contributed by atoms with van der Waals surface area (Å²) in [7, 11) is 0. The maximum absolute atomic E-state index is 12.8. The molecular formula is C16H21NO6. The largest absolute Gasteiger partial charge is 0.476 e. The van der Waals surface area contributed by atoms with Gasteiger partial charge in [-0.3, -0.25) is 9.59 Å². The molecule has 0 N–H and O–H groups in total. The van der Waals surface area contributed by atoms with Gasteiger partial charge in [0.1, 0.15) is 0 Å².